The van der Waals surface area contributed by atoms with Crippen molar-refractivity contribution < 1.29 is 0 Å². The maximum atomic E-state index is 4.14. The van der Waals surface area contributed by atoms with E-state index >= 15 is 0 Å². The van der Waals surface area contributed by atoms with Crippen molar-refractivity contribution in [3.05, 3.63) is 31.4 Å². The summed E-state index contributed by atoms with van der Waals surface area (Å²) in [5, 5.41) is 0. The molecule has 0 aliphatic carbocycles. The molecule has 0 aromatic carbocycles. The fourth-order valence-corrected chi connectivity index (χ4v) is 4.64. The van der Waals surface area contributed by atoms with Crippen LogP contribution in [0.5, 0.6) is 0 Å². The number of aromatic nitrogens is 2. The van der Waals surface area contributed by atoms with Crippen LogP contribution in [0.2, 0.25) is 0 Å². The first kappa shape index (κ1) is 28.0. The lowest BCUT2D eigenvalue weighted by Gasteiger charge is -2.13. The summed E-state index contributed by atoms with van der Waals surface area (Å²) in [5.74, 6) is 0. The van der Waals surface area contributed by atoms with Gasteiger partial charge in [0.1, 0.15) is 0 Å². The summed E-state index contributed by atoms with van der Waals surface area (Å²) < 4.78 is 2.17. The first-order valence-electron chi connectivity index (χ1n) is 14.0. The third kappa shape index (κ3) is 17.2. The van der Waals surface area contributed by atoms with E-state index in [1.165, 1.54) is 141 Å². The van der Waals surface area contributed by atoms with Gasteiger partial charge in [-0.25, -0.2) is 4.98 Å². The van der Waals surface area contributed by atoms with Crippen molar-refractivity contribution in [1.29, 1.82) is 0 Å². The minimum atomic E-state index is 0.419. The Morgan fingerprint density at radius 1 is 0.645 bits per heavy atom. The number of hydrogen-bond donors (Lipinski definition) is 0. The van der Waals surface area contributed by atoms with Crippen molar-refractivity contribution in [3.8, 4) is 0 Å². The molecular formula is C29H54N2. The van der Waals surface area contributed by atoms with Crippen LogP contribution in [0.3, 0.4) is 0 Å². The van der Waals surface area contributed by atoms with Gasteiger partial charge in [-0.2, -0.15) is 0 Å². The summed E-state index contributed by atoms with van der Waals surface area (Å²) >= 11 is 0. The predicted octanol–water partition coefficient (Wildman–Crippen LogP) is 10.2. The highest BCUT2D eigenvalue weighted by Crippen LogP contribution is 2.18. The average Bonchev–Trinajstić information content (AvgIpc) is 3.32. The molecule has 0 bridgehead atoms. The van der Waals surface area contributed by atoms with E-state index in [1.54, 1.807) is 0 Å². The van der Waals surface area contributed by atoms with Crippen LogP contribution in [0.15, 0.2) is 31.4 Å². The summed E-state index contributed by atoms with van der Waals surface area (Å²) in [5.41, 5.74) is 0. The second kappa shape index (κ2) is 22.2. The highest BCUT2D eigenvalue weighted by molar-refractivity contribution is 4.89. The van der Waals surface area contributed by atoms with E-state index in [-0.39, 0.29) is 0 Å². The standard InChI is InChI=1S/C29H54N2/c1-3-5-6-7-8-9-10-11-12-13-14-15-16-17-18-19-20-21-22-23-24-25-29(4-2)31-27-26-30-28-31/h4,26-29H,2-3,5-25H2,1H3. The zero-order chi connectivity index (χ0) is 22.2. The fourth-order valence-electron chi connectivity index (χ4n) is 4.64. The second-order valence-corrected chi connectivity index (χ2v) is 9.67. The number of imidazole rings is 1. The molecule has 0 saturated carbocycles. The minimum absolute atomic E-state index is 0.419. The van der Waals surface area contributed by atoms with Crippen molar-refractivity contribution in [1.82, 2.24) is 9.55 Å². The summed E-state index contributed by atoms with van der Waals surface area (Å²) in [4.78, 5) is 4.14. The predicted molar refractivity (Wildman–Crippen MR) is 139 cm³/mol. The number of nitrogens with zero attached hydrogens (tertiary/aromatic N) is 2. The molecule has 1 atom stereocenters. The monoisotopic (exact) mass is 430 g/mol. The molecule has 1 unspecified atom stereocenters. The molecule has 1 heterocycles. The second-order valence-electron chi connectivity index (χ2n) is 9.67. The average molecular weight is 431 g/mol. The molecule has 0 spiro atoms. The van der Waals surface area contributed by atoms with Crippen molar-refractivity contribution in [2.24, 2.45) is 0 Å². The number of allylic oxidation sites excluding steroid dienone is 1. The molecule has 0 amide bonds. The maximum Gasteiger partial charge on any atom is 0.0951 e. The van der Waals surface area contributed by atoms with E-state index in [0.29, 0.717) is 6.04 Å². The van der Waals surface area contributed by atoms with Crippen LogP contribution in [0.25, 0.3) is 0 Å². The van der Waals surface area contributed by atoms with Crippen LogP contribution < -0.4 is 0 Å². The van der Waals surface area contributed by atoms with Crippen molar-refractivity contribution in [2.45, 2.75) is 154 Å². The third-order valence-corrected chi connectivity index (χ3v) is 6.78. The van der Waals surface area contributed by atoms with Gasteiger partial charge in [-0.05, 0) is 6.42 Å². The first-order chi connectivity index (χ1) is 15.4. The normalized spacial score (nSPS) is 12.3. The van der Waals surface area contributed by atoms with Gasteiger partial charge in [-0.1, -0.05) is 148 Å². The van der Waals surface area contributed by atoms with Gasteiger partial charge in [0.15, 0.2) is 0 Å². The van der Waals surface area contributed by atoms with Gasteiger partial charge < -0.3 is 4.57 Å². The molecule has 1 rings (SSSR count). The number of hydrogen-bond acceptors (Lipinski definition) is 1. The van der Waals surface area contributed by atoms with Crippen LogP contribution >= 0.6 is 0 Å². The Kier molecular flexibility index (Phi) is 20.0. The molecule has 1 aromatic rings. The van der Waals surface area contributed by atoms with E-state index in [1.807, 2.05) is 18.7 Å². The van der Waals surface area contributed by atoms with E-state index in [0.717, 1.165) is 0 Å². The maximum absolute atomic E-state index is 4.14. The summed E-state index contributed by atoms with van der Waals surface area (Å²) in [7, 11) is 0. The zero-order valence-corrected chi connectivity index (χ0v) is 21.0. The molecule has 0 fully saturated rings. The van der Waals surface area contributed by atoms with Crippen molar-refractivity contribution in [3.63, 3.8) is 0 Å². The van der Waals surface area contributed by atoms with Gasteiger partial charge in [-0.3, -0.25) is 0 Å². The fraction of sp³-hybridized carbons (Fsp3) is 0.828. The molecule has 2 heteroatoms. The Bertz CT molecular complexity index is 465. The molecule has 0 N–H and O–H groups in total. The van der Waals surface area contributed by atoms with Gasteiger partial charge in [0.05, 0.1) is 12.4 Å². The largest absolute Gasteiger partial charge is 0.331 e. The number of unbranched alkanes of at least 4 members (excludes halogenated alkanes) is 20. The number of rotatable bonds is 24. The van der Waals surface area contributed by atoms with E-state index in [2.05, 4.69) is 29.1 Å². The molecule has 180 valence electrons. The van der Waals surface area contributed by atoms with Gasteiger partial charge in [0.2, 0.25) is 0 Å². The molecule has 31 heavy (non-hydrogen) atoms. The Morgan fingerprint density at radius 3 is 1.35 bits per heavy atom. The lowest BCUT2D eigenvalue weighted by atomic mass is 10.0. The SMILES string of the molecule is C=CC(CCCCCCCCCCCCCCCCCCCCCCC)n1ccnc1. The molecular weight excluding hydrogens is 376 g/mol. The molecule has 0 aliphatic heterocycles. The van der Waals surface area contributed by atoms with Crippen molar-refractivity contribution in [2.75, 3.05) is 0 Å². The van der Waals surface area contributed by atoms with Gasteiger partial charge >= 0.3 is 0 Å². The van der Waals surface area contributed by atoms with Crippen LogP contribution in [0, 0.1) is 0 Å². The molecule has 2 nitrogen and oxygen atoms in total. The van der Waals surface area contributed by atoms with Crippen LogP contribution in [0.4, 0.5) is 0 Å². The van der Waals surface area contributed by atoms with Crippen LogP contribution in [-0.4, -0.2) is 9.55 Å². The molecule has 0 saturated heterocycles. The Morgan fingerprint density at radius 2 is 1.03 bits per heavy atom. The lowest BCUT2D eigenvalue weighted by molar-refractivity contribution is 0.494. The molecule has 0 radical (unpaired) electrons. The third-order valence-electron chi connectivity index (χ3n) is 6.78. The minimum Gasteiger partial charge on any atom is -0.331 e. The van der Waals surface area contributed by atoms with Gasteiger partial charge in [0, 0.05) is 12.4 Å². The quantitative estimate of drug-likeness (QED) is 0.118. The van der Waals surface area contributed by atoms with Gasteiger partial charge in [-0.15, -0.1) is 6.58 Å². The Hall–Kier alpha value is -1.05. The summed E-state index contributed by atoms with van der Waals surface area (Å²) in [6, 6.07) is 0.419. The zero-order valence-electron chi connectivity index (χ0n) is 21.0. The van der Waals surface area contributed by atoms with Crippen LogP contribution in [0.1, 0.15) is 154 Å². The van der Waals surface area contributed by atoms with Crippen molar-refractivity contribution >= 4 is 0 Å². The Labute approximate surface area is 195 Å². The van der Waals surface area contributed by atoms with E-state index < -0.39 is 0 Å². The van der Waals surface area contributed by atoms with E-state index in [4.69, 9.17) is 0 Å². The highest BCUT2D eigenvalue weighted by Gasteiger charge is 2.05. The first-order valence-corrected chi connectivity index (χ1v) is 14.0. The summed E-state index contributed by atoms with van der Waals surface area (Å²) in [6.45, 7) is 6.27. The van der Waals surface area contributed by atoms with E-state index in [9.17, 15) is 0 Å². The lowest BCUT2D eigenvalue weighted by Crippen LogP contribution is -2.03. The highest BCUT2D eigenvalue weighted by atomic mass is 15.0. The summed E-state index contributed by atoms with van der Waals surface area (Å²) in [6.07, 6.45) is 39.3. The topological polar surface area (TPSA) is 17.8 Å². The van der Waals surface area contributed by atoms with Gasteiger partial charge in [0.25, 0.3) is 0 Å². The Balaban J connectivity index is 1.71. The molecule has 1 aromatic heterocycles. The molecule has 0 aliphatic rings. The smallest absolute Gasteiger partial charge is 0.0951 e. The van der Waals surface area contributed by atoms with Crippen LogP contribution in [-0.2, 0) is 0 Å².